The number of primary amides is 1. The average Bonchev–Trinajstić information content (AvgIpc) is 2.37. The second-order valence-electron chi connectivity index (χ2n) is 5.31. The second-order valence-corrected chi connectivity index (χ2v) is 5.31. The highest BCUT2D eigenvalue weighted by Crippen LogP contribution is 2.11. The quantitative estimate of drug-likeness (QED) is 0.658. The summed E-state index contributed by atoms with van der Waals surface area (Å²) in [5.74, 6) is 0.384. The van der Waals surface area contributed by atoms with Gasteiger partial charge in [-0.05, 0) is 25.0 Å². The van der Waals surface area contributed by atoms with Gasteiger partial charge in [0.05, 0.1) is 6.04 Å². The number of amides is 1. The average molecular weight is 280 g/mol. The highest BCUT2D eigenvalue weighted by molar-refractivity contribution is 5.80. The first-order valence-corrected chi connectivity index (χ1v) is 6.80. The number of aryl methyl sites for hydroxylation is 1. The van der Waals surface area contributed by atoms with E-state index in [1.54, 1.807) is 0 Å². The van der Waals surface area contributed by atoms with Crippen molar-refractivity contribution >= 4 is 5.91 Å². The van der Waals surface area contributed by atoms with Gasteiger partial charge in [0.15, 0.2) is 0 Å². The minimum absolute atomic E-state index is 0.0812. The van der Waals surface area contributed by atoms with Crippen LogP contribution in [0.1, 0.15) is 19.4 Å². The van der Waals surface area contributed by atoms with Crippen molar-refractivity contribution in [3.8, 4) is 5.75 Å². The molecule has 0 saturated carbocycles. The van der Waals surface area contributed by atoms with Gasteiger partial charge in [0.2, 0.25) is 5.91 Å². The van der Waals surface area contributed by atoms with Crippen molar-refractivity contribution < 1.29 is 14.6 Å². The van der Waals surface area contributed by atoms with Crippen molar-refractivity contribution in [1.82, 2.24) is 5.32 Å². The summed E-state index contributed by atoms with van der Waals surface area (Å²) in [4.78, 5) is 11.2. The number of aliphatic hydroxyl groups excluding tert-OH is 1. The third-order valence-corrected chi connectivity index (χ3v) is 3.01. The molecule has 4 N–H and O–H groups in total. The van der Waals surface area contributed by atoms with Gasteiger partial charge in [-0.3, -0.25) is 4.79 Å². The number of benzene rings is 1. The second kappa shape index (κ2) is 7.87. The maximum absolute atomic E-state index is 11.2. The standard InChI is InChI=1S/C15H24N2O3/c1-10(2)14(15(16)19)17-8-12(18)9-20-13-6-4-11(3)5-7-13/h4-7,10,12,14,17-18H,8-9H2,1-3H3,(H2,16,19). The molecular weight excluding hydrogens is 256 g/mol. The molecule has 0 aliphatic heterocycles. The van der Waals surface area contributed by atoms with Crippen LogP contribution in [-0.2, 0) is 4.79 Å². The Morgan fingerprint density at radius 2 is 1.95 bits per heavy atom. The Balaban J connectivity index is 2.34. The Bertz CT molecular complexity index is 418. The van der Waals surface area contributed by atoms with Crippen LogP contribution in [-0.4, -0.2) is 36.3 Å². The molecule has 1 rings (SSSR count). The number of carbonyl (C=O) groups excluding carboxylic acids is 1. The van der Waals surface area contributed by atoms with E-state index in [2.05, 4.69) is 5.32 Å². The molecule has 1 amide bonds. The molecule has 5 heteroatoms. The molecule has 112 valence electrons. The van der Waals surface area contributed by atoms with E-state index in [-0.39, 0.29) is 19.1 Å². The SMILES string of the molecule is Cc1ccc(OCC(O)CNC(C(N)=O)C(C)C)cc1. The number of hydrogen-bond donors (Lipinski definition) is 3. The van der Waals surface area contributed by atoms with Crippen LogP contribution in [0.4, 0.5) is 0 Å². The number of nitrogens with two attached hydrogens (primary N) is 1. The van der Waals surface area contributed by atoms with Gasteiger partial charge in [-0.2, -0.15) is 0 Å². The molecule has 2 unspecified atom stereocenters. The molecule has 0 aliphatic rings. The van der Waals surface area contributed by atoms with Crippen LogP contribution in [0.15, 0.2) is 24.3 Å². The lowest BCUT2D eigenvalue weighted by Gasteiger charge is -2.21. The Kier molecular flexibility index (Phi) is 6.48. The molecular formula is C15H24N2O3. The molecule has 1 aromatic rings. The Labute approximate surface area is 120 Å². The number of rotatable bonds is 8. The molecule has 0 aromatic heterocycles. The maximum Gasteiger partial charge on any atom is 0.234 e. The molecule has 5 nitrogen and oxygen atoms in total. The van der Waals surface area contributed by atoms with Crippen LogP contribution in [0.3, 0.4) is 0 Å². The number of hydrogen-bond acceptors (Lipinski definition) is 4. The number of aliphatic hydroxyl groups is 1. The lowest BCUT2D eigenvalue weighted by atomic mass is 10.0. The van der Waals surface area contributed by atoms with Crippen LogP contribution in [0.5, 0.6) is 5.75 Å². The Morgan fingerprint density at radius 1 is 1.35 bits per heavy atom. The van der Waals surface area contributed by atoms with Crippen LogP contribution in [0.25, 0.3) is 0 Å². The smallest absolute Gasteiger partial charge is 0.234 e. The molecule has 20 heavy (non-hydrogen) atoms. The van der Waals surface area contributed by atoms with Gasteiger partial charge in [-0.15, -0.1) is 0 Å². The normalized spacial score (nSPS) is 14.1. The first-order chi connectivity index (χ1) is 9.40. The Hall–Kier alpha value is -1.59. The number of ether oxygens (including phenoxy) is 1. The fourth-order valence-corrected chi connectivity index (χ4v) is 1.81. The van der Waals surface area contributed by atoms with Gasteiger partial charge in [0.1, 0.15) is 18.5 Å². The largest absolute Gasteiger partial charge is 0.491 e. The van der Waals surface area contributed by atoms with E-state index >= 15 is 0 Å². The summed E-state index contributed by atoms with van der Waals surface area (Å²) in [5.41, 5.74) is 6.44. The summed E-state index contributed by atoms with van der Waals surface area (Å²) in [6.07, 6.45) is -0.697. The lowest BCUT2D eigenvalue weighted by Crippen LogP contribution is -2.48. The van der Waals surface area contributed by atoms with E-state index < -0.39 is 18.1 Å². The zero-order valence-electron chi connectivity index (χ0n) is 12.3. The fourth-order valence-electron chi connectivity index (χ4n) is 1.81. The van der Waals surface area contributed by atoms with Crippen LogP contribution < -0.4 is 15.8 Å². The van der Waals surface area contributed by atoms with E-state index in [0.29, 0.717) is 5.75 Å². The third-order valence-electron chi connectivity index (χ3n) is 3.01. The van der Waals surface area contributed by atoms with Crippen molar-refractivity contribution in [2.24, 2.45) is 11.7 Å². The zero-order chi connectivity index (χ0) is 15.1. The summed E-state index contributed by atoms with van der Waals surface area (Å²) in [6.45, 7) is 6.23. The first kappa shape index (κ1) is 16.5. The third kappa shape index (κ3) is 5.59. The zero-order valence-corrected chi connectivity index (χ0v) is 12.3. The molecule has 1 aromatic carbocycles. The molecule has 2 atom stereocenters. The Morgan fingerprint density at radius 3 is 2.45 bits per heavy atom. The van der Waals surface area contributed by atoms with Gasteiger partial charge in [-0.1, -0.05) is 31.5 Å². The molecule has 0 aliphatic carbocycles. The highest BCUT2D eigenvalue weighted by atomic mass is 16.5. The summed E-state index contributed by atoms with van der Waals surface area (Å²) in [6, 6.07) is 7.17. The topological polar surface area (TPSA) is 84.6 Å². The van der Waals surface area contributed by atoms with Gasteiger partial charge >= 0.3 is 0 Å². The van der Waals surface area contributed by atoms with E-state index in [1.807, 2.05) is 45.0 Å². The minimum atomic E-state index is -0.697. The molecule has 0 fully saturated rings. The maximum atomic E-state index is 11.2. The van der Waals surface area contributed by atoms with Crippen LogP contribution in [0.2, 0.25) is 0 Å². The van der Waals surface area contributed by atoms with Crippen molar-refractivity contribution in [2.75, 3.05) is 13.2 Å². The molecule has 0 heterocycles. The lowest BCUT2D eigenvalue weighted by molar-refractivity contribution is -0.121. The minimum Gasteiger partial charge on any atom is -0.491 e. The van der Waals surface area contributed by atoms with Gasteiger partial charge in [0, 0.05) is 6.54 Å². The monoisotopic (exact) mass is 280 g/mol. The van der Waals surface area contributed by atoms with E-state index in [4.69, 9.17) is 10.5 Å². The first-order valence-electron chi connectivity index (χ1n) is 6.80. The molecule has 0 spiro atoms. The predicted octanol–water partition coefficient (Wildman–Crippen LogP) is 0.834. The van der Waals surface area contributed by atoms with E-state index in [1.165, 1.54) is 0 Å². The molecule has 0 bridgehead atoms. The fraction of sp³-hybridized carbons (Fsp3) is 0.533. The van der Waals surface area contributed by atoms with Crippen molar-refractivity contribution in [1.29, 1.82) is 0 Å². The van der Waals surface area contributed by atoms with Crippen LogP contribution >= 0.6 is 0 Å². The van der Waals surface area contributed by atoms with Crippen LogP contribution in [0, 0.1) is 12.8 Å². The van der Waals surface area contributed by atoms with Crippen molar-refractivity contribution in [3.05, 3.63) is 29.8 Å². The van der Waals surface area contributed by atoms with Crippen molar-refractivity contribution in [3.63, 3.8) is 0 Å². The molecule has 0 radical (unpaired) electrons. The van der Waals surface area contributed by atoms with Gasteiger partial charge < -0.3 is 20.9 Å². The van der Waals surface area contributed by atoms with Crippen molar-refractivity contribution in [2.45, 2.75) is 32.9 Å². The van der Waals surface area contributed by atoms with Gasteiger partial charge in [-0.25, -0.2) is 0 Å². The number of carbonyl (C=O) groups is 1. The summed E-state index contributed by atoms with van der Waals surface area (Å²) in [5, 5.41) is 12.8. The summed E-state index contributed by atoms with van der Waals surface area (Å²) >= 11 is 0. The summed E-state index contributed by atoms with van der Waals surface area (Å²) < 4.78 is 5.47. The van der Waals surface area contributed by atoms with Gasteiger partial charge in [0.25, 0.3) is 0 Å². The predicted molar refractivity (Wildman–Crippen MR) is 78.5 cm³/mol. The summed E-state index contributed by atoms with van der Waals surface area (Å²) in [7, 11) is 0. The molecule has 0 saturated heterocycles. The van der Waals surface area contributed by atoms with E-state index in [9.17, 15) is 9.90 Å². The highest BCUT2D eigenvalue weighted by Gasteiger charge is 2.19. The van der Waals surface area contributed by atoms with E-state index in [0.717, 1.165) is 5.56 Å². The number of nitrogens with one attached hydrogen (secondary N) is 1.